The van der Waals surface area contributed by atoms with Crippen LogP contribution in [0.3, 0.4) is 0 Å². The lowest BCUT2D eigenvalue weighted by Gasteiger charge is -2.12. The van der Waals surface area contributed by atoms with Crippen LogP contribution >= 0.6 is 11.6 Å². The van der Waals surface area contributed by atoms with Crippen LogP contribution in [-0.4, -0.2) is 20.5 Å². The SMILES string of the molecule is Cc1nc2c(C(=O)NCc3ccco3)cnn2c(C)c1Cc1ccccc1Cl. The summed E-state index contributed by atoms with van der Waals surface area (Å²) in [5, 5.41) is 7.95. The number of nitrogens with zero attached hydrogens (tertiary/aromatic N) is 3. The number of furan rings is 1. The molecule has 0 atom stereocenters. The molecule has 7 heteroatoms. The normalized spacial score (nSPS) is 11.1. The van der Waals surface area contributed by atoms with Crippen LogP contribution in [0.1, 0.15) is 38.6 Å². The average Bonchev–Trinajstić information content (AvgIpc) is 3.34. The van der Waals surface area contributed by atoms with E-state index in [-0.39, 0.29) is 5.91 Å². The molecule has 3 aromatic heterocycles. The minimum absolute atomic E-state index is 0.239. The number of hydrogen-bond donors (Lipinski definition) is 1. The molecule has 0 spiro atoms. The van der Waals surface area contributed by atoms with E-state index in [2.05, 4.69) is 15.4 Å². The Bertz CT molecular complexity index is 1150. The van der Waals surface area contributed by atoms with Gasteiger partial charge in [-0.25, -0.2) is 9.50 Å². The number of aromatic nitrogens is 3. The summed E-state index contributed by atoms with van der Waals surface area (Å²) in [4.78, 5) is 17.3. The van der Waals surface area contributed by atoms with Crippen LogP contribution in [0.2, 0.25) is 5.02 Å². The molecular formula is C21H19ClN4O2. The fourth-order valence-corrected chi connectivity index (χ4v) is 3.44. The van der Waals surface area contributed by atoms with Crippen LogP contribution in [-0.2, 0) is 13.0 Å². The lowest BCUT2D eigenvalue weighted by molar-refractivity contribution is 0.0949. The van der Waals surface area contributed by atoms with Gasteiger partial charge in [-0.3, -0.25) is 4.79 Å². The summed E-state index contributed by atoms with van der Waals surface area (Å²) in [5.41, 5.74) is 4.83. The monoisotopic (exact) mass is 394 g/mol. The van der Waals surface area contributed by atoms with Gasteiger partial charge in [0.1, 0.15) is 11.3 Å². The fourth-order valence-electron chi connectivity index (χ4n) is 3.23. The highest BCUT2D eigenvalue weighted by Gasteiger charge is 2.19. The summed E-state index contributed by atoms with van der Waals surface area (Å²) in [5.74, 6) is 0.448. The van der Waals surface area contributed by atoms with Gasteiger partial charge in [0.2, 0.25) is 0 Å². The molecule has 142 valence electrons. The van der Waals surface area contributed by atoms with Crippen LogP contribution in [0.5, 0.6) is 0 Å². The van der Waals surface area contributed by atoms with Crippen molar-refractivity contribution in [2.45, 2.75) is 26.8 Å². The van der Waals surface area contributed by atoms with Gasteiger partial charge in [-0.1, -0.05) is 29.8 Å². The zero-order valence-electron chi connectivity index (χ0n) is 15.6. The predicted molar refractivity (Wildman–Crippen MR) is 107 cm³/mol. The minimum Gasteiger partial charge on any atom is -0.467 e. The van der Waals surface area contributed by atoms with Crippen molar-refractivity contribution in [3.63, 3.8) is 0 Å². The number of carbonyl (C=O) groups excluding carboxylic acids is 1. The summed E-state index contributed by atoms with van der Waals surface area (Å²) >= 11 is 6.32. The van der Waals surface area contributed by atoms with Crippen molar-refractivity contribution in [1.29, 1.82) is 0 Å². The summed E-state index contributed by atoms with van der Waals surface area (Å²) in [6.07, 6.45) is 3.78. The molecule has 0 aliphatic heterocycles. The van der Waals surface area contributed by atoms with E-state index in [1.54, 1.807) is 23.0 Å². The van der Waals surface area contributed by atoms with Gasteiger partial charge >= 0.3 is 0 Å². The number of rotatable bonds is 5. The molecule has 0 unspecified atom stereocenters. The fraction of sp³-hybridized carbons (Fsp3) is 0.190. The lowest BCUT2D eigenvalue weighted by atomic mass is 10.0. The lowest BCUT2D eigenvalue weighted by Crippen LogP contribution is -2.22. The van der Waals surface area contributed by atoms with E-state index < -0.39 is 0 Å². The molecule has 1 aromatic carbocycles. The van der Waals surface area contributed by atoms with Crippen LogP contribution in [0, 0.1) is 13.8 Å². The molecule has 1 amide bonds. The number of hydrogen-bond acceptors (Lipinski definition) is 4. The highest BCUT2D eigenvalue weighted by Crippen LogP contribution is 2.24. The molecule has 0 radical (unpaired) electrons. The van der Waals surface area contributed by atoms with Gasteiger partial charge in [0.15, 0.2) is 5.65 Å². The van der Waals surface area contributed by atoms with E-state index in [1.165, 1.54) is 0 Å². The third-order valence-electron chi connectivity index (χ3n) is 4.78. The van der Waals surface area contributed by atoms with Crippen LogP contribution in [0.15, 0.2) is 53.3 Å². The summed E-state index contributed by atoms with van der Waals surface area (Å²) in [6.45, 7) is 4.23. The van der Waals surface area contributed by atoms with Crippen molar-refractivity contribution in [3.05, 3.63) is 87.7 Å². The van der Waals surface area contributed by atoms with Crippen LogP contribution < -0.4 is 5.32 Å². The molecule has 3 heterocycles. The smallest absolute Gasteiger partial charge is 0.257 e. The van der Waals surface area contributed by atoms with Crippen molar-refractivity contribution in [1.82, 2.24) is 19.9 Å². The average molecular weight is 395 g/mol. The maximum absolute atomic E-state index is 12.6. The van der Waals surface area contributed by atoms with Gasteiger partial charge in [0.25, 0.3) is 5.91 Å². The summed E-state index contributed by atoms with van der Waals surface area (Å²) in [6, 6.07) is 11.3. The van der Waals surface area contributed by atoms with Crippen molar-refractivity contribution in [3.8, 4) is 0 Å². The molecule has 0 aliphatic rings. The number of carbonyl (C=O) groups is 1. The second kappa shape index (κ2) is 7.48. The Labute approximate surface area is 167 Å². The Hall–Kier alpha value is -3.12. The number of nitrogens with one attached hydrogen (secondary N) is 1. The van der Waals surface area contributed by atoms with Crippen LogP contribution in [0.4, 0.5) is 0 Å². The molecular weight excluding hydrogens is 376 g/mol. The van der Waals surface area contributed by atoms with E-state index in [0.717, 1.165) is 27.5 Å². The summed E-state index contributed by atoms with van der Waals surface area (Å²) < 4.78 is 6.96. The van der Waals surface area contributed by atoms with Gasteiger partial charge in [0, 0.05) is 22.8 Å². The van der Waals surface area contributed by atoms with E-state index >= 15 is 0 Å². The first-order valence-electron chi connectivity index (χ1n) is 8.92. The van der Waals surface area contributed by atoms with Crippen molar-refractivity contribution >= 4 is 23.2 Å². The molecule has 4 rings (SSSR count). The van der Waals surface area contributed by atoms with Crippen molar-refractivity contribution < 1.29 is 9.21 Å². The first-order valence-corrected chi connectivity index (χ1v) is 9.30. The molecule has 6 nitrogen and oxygen atoms in total. The Morgan fingerprint density at radius 1 is 1.21 bits per heavy atom. The van der Waals surface area contributed by atoms with E-state index in [9.17, 15) is 4.79 Å². The van der Waals surface area contributed by atoms with E-state index in [1.807, 2.05) is 44.2 Å². The highest BCUT2D eigenvalue weighted by molar-refractivity contribution is 6.31. The van der Waals surface area contributed by atoms with Gasteiger partial charge in [-0.2, -0.15) is 5.10 Å². The number of halogens is 1. The topological polar surface area (TPSA) is 72.4 Å². The van der Waals surface area contributed by atoms with Gasteiger partial charge in [0.05, 0.1) is 19.0 Å². The Kier molecular flexibility index (Phi) is 4.88. The van der Waals surface area contributed by atoms with Gasteiger partial charge in [-0.15, -0.1) is 0 Å². The third-order valence-corrected chi connectivity index (χ3v) is 5.15. The molecule has 0 aliphatic carbocycles. The summed E-state index contributed by atoms with van der Waals surface area (Å²) in [7, 11) is 0. The van der Waals surface area contributed by atoms with E-state index in [0.29, 0.717) is 29.9 Å². The largest absolute Gasteiger partial charge is 0.467 e. The molecule has 0 saturated heterocycles. The molecule has 28 heavy (non-hydrogen) atoms. The molecule has 0 bridgehead atoms. The zero-order valence-corrected chi connectivity index (χ0v) is 16.3. The number of aryl methyl sites for hydroxylation is 2. The number of fused-ring (bicyclic) bond motifs is 1. The van der Waals surface area contributed by atoms with Gasteiger partial charge in [-0.05, 0) is 43.2 Å². The third kappa shape index (κ3) is 3.39. The second-order valence-corrected chi connectivity index (χ2v) is 6.99. The maximum atomic E-state index is 12.6. The molecule has 4 aromatic rings. The second-order valence-electron chi connectivity index (χ2n) is 6.59. The first kappa shape index (κ1) is 18.3. The van der Waals surface area contributed by atoms with Crippen molar-refractivity contribution in [2.75, 3.05) is 0 Å². The zero-order chi connectivity index (χ0) is 19.7. The molecule has 0 fully saturated rings. The number of amides is 1. The molecule has 1 N–H and O–H groups in total. The Morgan fingerprint density at radius 3 is 2.79 bits per heavy atom. The number of benzene rings is 1. The molecule has 0 saturated carbocycles. The quantitative estimate of drug-likeness (QED) is 0.552. The van der Waals surface area contributed by atoms with Gasteiger partial charge < -0.3 is 9.73 Å². The standard InChI is InChI=1S/C21H19ClN4O2/c1-13-17(10-15-6-3-4-8-19(15)22)14(2)26-20(25-13)18(12-24-26)21(27)23-11-16-7-5-9-28-16/h3-9,12H,10-11H2,1-2H3,(H,23,27). The minimum atomic E-state index is -0.239. The van der Waals surface area contributed by atoms with Crippen LogP contribution in [0.25, 0.3) is 5.65 Å². The first-order chi connectivity index (χ1) is 13.5. The maximum Gasteiger partial charge on any atom is 0.257 e. The van der Waals surface area contributed by atoms with E-state index in [4.69, 9.17) is 16.0 Å². The van der Waals surface area contributed by atoms with Crippen molar-refractivity contribution in [2.24, 2.45) is 0 Å². The predicted octanol–water partition coefficient (Wildman–Crippen LogP) is 4.11. The highest BCUT2D eigenvalue weighted by atomic mass is 35.5. The Morgan fingerprint density at radius 2 is 2.04 bits per heavy atom. The Balaban J connectivity index is 1.65.